The maximum absolute atomic E-state index is 11.9. The summed E-state index contributed by atoms with van der Waals surface area (Å²) in [5, 5.41) is 5.99. The summed E-state index contributed by atoms with van der Waals surface area (Å²) in [6.45, 7) is 4.72. The van der Waals surface area contributed by atoms with E-state index in [1.165, 1.54) is 0 Å². The number of anilines is 1. The van der Waals surface area contributed by atoms with Crippen molar-refractivity contribution < 1.29 is 9.53 Å². The van der Waals surface area contributed by atoms with Crippen LogP contribution in [0.4, 0.5) is 5.69 Å². The average Bonchev–Trinajstić information content (AvgIpc) is 2.53. The number of ether oxygens (including phenoxy) is 1. The summed E-state index contributed by atoms with van der Waals surface area (Å²) in [5.74, 6) is 0.786. The molecule has 0 unspecified atom stereocenters. The van der Waals surface area contributed by atoms with Gasteiger partial charge in [-0.1, -0.05) is 24.3 Å². The summed E-state index contributed by atoms with van der Waals surface area (Å²) in [6.07, 6.45) is 0.156. The summed E-state index contributed by atoms with van der Waals surface area (Å²) in [6, 6.07) is 15.5. The van der Waals surface area contributed by atoms with Gasteiger partial charge in [-0.3, -0.25) is 4.79 Å². The highest BCUT2D eigenvalue weighted by molar-refractivity contribution is 9.10. The number of para-hydroxylation sites is 1. The standard InChI is InChI=1S/C18H21BrN2O2/c1-13(2)23-15-9-7-14(8-10-15)11-21-18(22)12-20-17-6-4-3-5-16(17)19/h3-10,13,20H,11-12H2,1-2H3,(H,21,22). The molecule has 2 aromatic carbocycles. The van der Waals surface area contributed by atoms with E-state index in [-0.39, 0.29) is 18.6 Å². The third-order valence-corrected chi connectivity index (χ3v) is 3.79. The summed E-state index contributed by atoms with van der Waals surface area (Å²) in [4.78, 5) is 11.9. The number of carbonyl (C=O) groups excluding carboxylic acids is 1. The molecule has 122 valence electrons. The summed E-state index contributed by atoms with van der Waals surface area (Å²) in [5.41, 5.74) is 1.94. The molecule has 5 heteroatoms. The SMILES string of the molecule is CC(C)Oc1ccc(CNC(=O)CNc2ccccc2Br)cc1. The quantitative estimate of drug-likeness (QED) is 0.768. The van der Waals surface area contributed by atoms with Gasteiger partial charge in [-0.2, -0.15) is 0 Å². The summed E-state index contributed by atoms with van der Waals surface area (Å²) in [7, 11) is 0. The third-order valence-electron chi connectivity index (χ3n) is 3.10. The molecule has 0 spiro atoms. The van der Waals surface area contributed by atoms with E-state index in [9.17, 15) is 4.79 Å². The predicted molar refractivity (Wildman–Crippen MR) is 96.7 cm³/mol. The molecule has 0 radical (unpaired) electrons. The maximum atomic E-state index is 11.9. The number of nitrogens with one attached hydrogen (secondary N) is 2. The van der Waals surface area contributed by atoms with Gasteiger partial charge in [0.25, 0.3) is 0 Å². The zero-order chi connectivity index (χ0) is 16.7. The zero-order valence-corrected chi connectivity index (χ0v) is 14.9. The van der Waals surface area contributed by atoms with Crippen molar-refractivity contribution in [2.75, 3.05) is 11.9 Å². The molecule has 0 fully saturated rings. The van der Waals surface area contributed by atoms with Crippen LogP contribution in [0.2, 0.25) is 0 Å². The molecule has 0 aliphatic carbocycles. The smallest absolute Gasteiger partial charge is 0.239 e. The summed E-state index contributed by atoms with van der Waals surface area (Å²) < 4.78 is 6.53. The van der Waals surface area contributed by atoms with Crippen molar-refractivity contribution in [2.24, 2.45) is 0 Å². The third kappa shape index (κ3) is 5.94. The molecular weight excluding hydrogens is 356 g/mol. The number of amides is 1. The molecule has 0 aliphatic rings. The Hall–Kier alpha value is -2.01. The Labute approximate surface area is 145 Å². The number of carbonyl (C=O) groups is 1. The van der Waals surface area contributed by atoms with Gasteiger partial charge in [-0.15, -0.1) is 0 Å². The Morgan fingerprint density at radius 3 is 2.48 bits per heavy atom. The monoisotopic (exact) mass is 376 g/mol. The molecule has 0 aromatic heterocycles. The molecule has 0 saturated heterocycles. The largest absolute Gasteiger partial charge is 0.491 e. The van der Waals surface area contributed by atoms with Crippen LogP contribution in [-0.4, -0.2) is 18.6 Å². The Balaban J connectivity index is 1.77. The molecule has 2 N–H and O–H groups in total. The predicted octanol–water partition coefficient (Wildman–Crippen LogP) is 3.96. The van der Waals surface area contributed by atoms with Gasteiger partial charge in [0.1, 0.15) is 5.75 Å². The minimum Gasteiger partial charge on any atom is -0.491 e. The molecular formula is C18H21BrN2O2. The van der Waals surface area contributed by atoms with Crippen LogP contribution in [-0.2, 0) is 11.3 Å². The average molecular weight is 377 g/mol. The van der Waals surface area contributed by atoms with E-state index in [2.05, 4.69) is 26.6 Å². The van der Waals surface area contributed by atoms with E-state index < -0.39 is 0 Å². The van der Waals surface area contributed by atoms with Gasteiger partial charge in [0.2, 0.25) is 5.91 Å². The van der Waals surface area contributed by atoms with Crippen LogP contribution < -0.4 is 15.4 Å². The normalized spacial score (nSPS) is 10.4. The van der Waals surface area contributed by atoms with Crippen LogP contribution >= 0.6 is 15.9 Å². The van der Waals surface area contributed by atoms with Crippen molar-refractivity contribution in [3.8, 4) is 5.75 Å². The first kappa shape index (κ1) is 17.3. The van der Waals surface area contributed by atoms with Crippen LogP contribution in [0.15, 0.2) is 53.0 Å². The van der Waals surface area contributed by atoms with E-state index in [0.29, 0.717) is 6.54 Å². The van der Waals surface area contributed by atoms with Gasteiger partial charge in [-0.25, -0.2) is 0 Å². The number of hydrogen-bond acceptors (Lipinski definition) is 3. The first-order chi connectivity index (χ1) is 11.0. The number of halogens is 1. The maximum Gasteiger partial charge on any atom is 0.239 e. The Kier molecular flexibility index (Phi) is 6.47. The van der Waals surface area contributed by atoms with Gasteiger partial charge >= 0.3 is 0 Å². The Morgan fingerprint density at radius 1 is 1.13 bits per heavy atom. The van der Waals surface area contributed by atoms with Crippen LogP contribution in [0.3, 0.4) is 0 Å². The zero-order valence-electron chi connectivity index (χ0n) is 13.3. The number of hydrogen-bond donors (Lipinski definition) is 2. The van der Waals surface area contributed by atoms with E-state index in [0.717, 1.165) is 21.5 Å². The van der Waals surface area contributed by atoms with Crippen LogP contribution in [0.25, 0.3) is 0 Å². The second kappa shape index (κ2) is 8.58. The lowest BCUT2D eigenvalue weighted by atomic mass is 10.2. The second-order valence-electron chi connectivity index (χ2n) is 5.42. The topological polar surface area (TPSA) is 50.4 Å². The second-order valence-corrected chi connectivity index (χ2v) is 6.28. The lowest BCUT2D eigenvalue weighted by molar-refractivity contribution is -0.119. The fourth-order valence-electron chi connectivity index (χ4n) is 2.00. The Bertz CT molecular complexity index is 642. The molecule has 0 heterocycles. The first-order valence-corrected chi connectivity index (χ1v) is 8.34. The van der Waals surface area contributed by atoms with Crippen molar-refractivity contribution in [3.63, 3.8) is 0 Å². The van der Waals surface area contributed by atoms with Gasteiger partial charge in [-0.05, 0) is 59.6 Å². The van der Waals surface area contributed by atoms with Gasteiger partial charge in [0.05, 0.1) is 12.6 Å². The Morgan fingerprint density at radius 2 is 1.83 bits per heavy atom. The number of benzene rings is 2. The van der Waals surface area contributed by atoms with E-state index in [4.69, 9.17) is 4.74 Å². The number of rotatable bonds is 7. The lowest BCUT2D eigenvalue weighted by Gasteiger charge is -2.11. The minimum atomic E-state index is -0.0525. The highest BCUT2D eigenvalue weighted by atomic mass is 79.9. The van der Waals surface area contributed by atoms with E-state index in [1.54, 1.807) is 0 Å². The molecule has 0 atom stereocenters. The molecule has 0 aliphatic heterocycles. The lowest BCUT2D eigenvalue weighted by Crippen LogP contribution is -2.29. The van der Waals surface area contributed by atoms with E-state index in [1.807, 2.05) is 62.4 Å². The molecule has 1 amide bonds. The fourth-order valence-corrected chi connectivity index (χ4v) is 2.43. The summed E-state index contributed by atoms with van der Waals surface area (Å²) >= 11 is 3.44. The van der Waals surface area contributed by atoms with Crippen molar-refractivity contribution in [1.29, 1.82) is 0 Å². The highest BCUT2D eigenvalue weighted by Crippen LogP contribution is 2.20. The van der Waals surface area contributed by atoms with E-state index >= 15 is 0 Å². The molecule has 2 rings (SSSR count). The van der Waals surface area contributed by atoms with Crippen LogP contribution in [0.5, 0.6) is 5.75 Å². The van der Waals surface area contributed by atoms with Gasteiger partial charge in [0.15, 0.2) is 0 Å². The van der Waals surface area contributed by atoms with Crippen molar-refractivity contribution in [2.45, 2.75) is 26.5 Å². The minimum absolute atomic E-state index is 0.0525. The fraction of sp³-hybridized carbons (Fsp3) is 0.278. The van der Waals surface area contributed by atoms with Gasteiger partial charge in [0, 0.05) is 16.7 Å². The molecule has 0 bridgehead atoms. The molecule has 2 aromatic rings. The van der Waals surface area contributed by atoms with Crippen LogP contribution in [0.1, 0.15) is 19.4 Å². The first-order valence-electron chi connectivity index (χ1n) is 7.55. The molecule has 0 saturated carbocycles. The van der Waals surface area contributed by atoms with Crippen LogP contribution in [0, 0.1) is 0 Å². The van der Waals surface area contributed by atoms with Crippen molar-refractivity contribution in [1.82, 2.24) is 5.32 Å². The van der Waals surface area contributed by atoms with Crippen molar-refractivity contribution in [3.05, 3.63) is 58.6 Å². The van der Waals surface area contributed by atoms with Crippen molar-refractivity contribution >= 4 is 27.5 Å². The molecule has 4 nitrogen and oxygen atoms in total. The van der Waals surface area contributed by atoms with Gasteiger partial charge < -0.3 is 15.4 Å². The highest BCUT2D eigenvalue weighted by Gasteiger charge is 2.04. The molecule has 23 heavy (non-hydrogen) atoms.